The van der Waals surface area contributed by atoms with E-state index in [1.165, 1.54) is 0 Å². The Morgan fingerprint density at radius 3 is 1.64 bits per heavy atom. The normalized spacial score (nSPS) is 14.9. The van der Waals surface area contributed by atoms with Crippen LogP contribution in [-0.4, -0.2) is 76.1 Å². The van der Waals surface area contributed by atoms with E-state index in [0.29, 0.717) is 27.2 Å². The number of hydrogen-bond acceptors (Lipinski definition) is 10. The van der Waals surface area contributed by atoms with Crippen molar-refractivity contribution >= 4 is 92.9 Å². The third-order valence-corrected chi connectivity index (χ3v) is 13.3. The van der Waals surface area contributed by atoms with Gasteiger partial charge in [-0.2, -0.15) is 0 Å². The van der Waals surface area contributed by atoms with Gasteiger partial charge in [0.1, 0.15) is 24.4 Å². The number of ether oxygens (including phenoxy) is 5. The van der Waals surface area contributed by atoms with Crippen molar-refractivity contribution in [3.05, 3.63) is 157 Å². The van der Waals surface area contributed by atoms with Crippen molar-refractivity contribution in [3.8, 4) is 5.75 Å². The lowest BCUT2D eigenvalue weighted by Gasteiger charge is -2.48. The SMILES string of the molecule is O=C(COc1ccccc1)N[C@H]1C(=O)N(C(C(=O)OCc2ccccc2)=P(c2ccccc2)(c2ccccc2)c2ccccc2)[C@H]1OC(=O)COC(=O)OCC(Cl)(Cl)Cl. The lowest BCUT2D eigenvalue weighted by molar-refractivity contribution is -0.185. The van der Waals surface area contributed by atoms with Crippen LogP contribution in [0.4, 0.5) is 4.79 Å². The second-order valence-electron chi connectivity index (χ2n) is 12.7. The Balaban J connectivity index is 1.48. The molecule has 16 heteroatoms. The number of nitrogens with one attached hydrogen (secondary N) is 1. The van der Waals surface area contributed by atoms with E-state index in [1.807, 2.05) is 97.1 Å². The van der Waals surface area contributed by atoms with Gasteiger partial charge in [0.25, 0.3) is 11.8 Å². The summed E-state index contributed by atoms with van der Waals surface area (Å²) in [4.78, 5) is 69.9. The zero-order chi connectivity index (χ0) is 41.8. The lowest BCUT2D eigenvalue weighted by atomic mass is 10.0. The van der Waals surface area contributed by atoms with Crippen molar-refractivity contribution in [2.75, 3.05) is 19.8 Å². The fourth-order valence-corrected chi connectivity index (χ4v) is 10.8. The highest BCUT2D eigenvalue weighted by Crippen LogP contribution is 2.49. The molecular formula is C43H36Cl3N2O10P. The number of nitrogens with zero attached hydrogens (tertiary/aromatic N) is 1. The molecule has 0 unspecified atom stereocenters. The van der Waals surface area contributed by atoms with Crippen molar-refractivity contribution in [3.63, 3.8) is 0 Å². The Morgan fingerprint density at radius 1 is 0.644 bits per heavy atom. The molecular weight excluding hydrogens is 842 g/mol. The molecule has 0 bridgehead atoms. The van der Waals surface area contributed by atoms with Crippen LogP contribution >= 0.6 is 41.7 Å². The van der Waals surface area contributed by atoms with Gasteiger partial charge in [0.05, 0.1) is 0 Å². The fourth-order valence-electron chi connectivity index (χ4n) is 6.25. The predicted octanol–water partition coefficient (Wildman–Crippen LogP) is 5.65. The summed E-state index contributed by atoms with van der Waals surface area (Å²) >= 11 is 16.9. The second kappa shape index (κ2) is 19.8. The van der Waals surface area contributed by atoms with Gasteiger partial charge >= 0.3 is 18.1 Å². The number of alkyl halides is 3. The first kappa shape index (κ1) is 42.8. The summed E-state index contributed by atoms with van der Waals surface area (Å²) in [6, 6.07) is 43.4. The Morgan fingerprint density at radius 2 is 1.14 bits per heavy atom. The number of carbonyl (C=O) groups is 5. The van der Waals surface area contributed by atoms with Crippen LogP contribution in [0.25, 0.3) is 0 Å². The van der Waals surface area contributed by atoms with Gasteiger partial charge in [-0.1, -0.05) is 174 Å². The summed E-state index contributed by atoms with van der Waals surface area (Å²) in [5.74, 6) is -3.19. The number of para-hydroxylation sites is 1. The average molecular weight is 878 g/mol. The molecule has 5 aromatic carbocycles. The summed E-state index contributed by atoms with van der Waals surface area (Å²) < 4.78 is 25.2. The van der Waals surface area contributed by atoms with Gasteiger partial charge in [0.15, 0.2) is 19.3 Å². The van der Waals surface area contributed by atoms with Gasteiger partial charge in [-0.3, -0.25) is 14.5 Å². The van der Waals surface area contributed by atoms with E-state index in [1.54, 1.807) is 54.6 Å². The maximum absolute atomic E-state index is 15.1. The number of rotatable bonds is 15. The zero-order valence-corrected chi connectivity index (χ0v) is 34.2. The predicted molar refractivity (Wildman–Crippen MR) is 225 cm³/mol. The third-order valence-electron chi connectivity index (χ3n) is 8.76. The largest absolute Gasteiger partial charge is 0.508 e. The Kier molecular flexibility index (Phi) is 14.4. The van der Waals surface area contributed by atoms with Crippen LogP contribution in [0.1, 0.15) is 5.56 Å². The molecule has 2 atom stereocenters. The van der Waals surface area contributed by atoms with Crippen LogP contribution in [0, 0.1) is 0 Å². The smallest absolute Gasteiger partial charge is 0.484 e. The van der Waals surface area contributed by atoms with E-state index in [-0.39, 0.29) is 12.0 Å². The van der Waals surface area contributed by atoms with Gasteiger partial charge in [-0.25, -0.2) is 14.4 Å². The molecule has 0 aromatic heterocycles. The van der Waals surface area contributed by atoms with Crippen molar-refractivity contribution in [1.29, 1.82) is 0 Å². The fraction of sp³-hybridized carbons (Fsp3) is 0.163. The average Bonchev–Trinajstić information content (AvgIpc) is 3.26. The topological polar surface area (TPSA) is 147 Å². The maximum atomic E-state index is 15.1. The molecule has 1 aliphatic heterocycles. The lowest BCUT2D eigenvalue weighted by Crippen LogP contribution is -2.75. The van der Waals surface area contributed by atoms with E-state index >= 15 is 4.79 Å². The molecule has 12 nitrogen and oxygen atoms in total. The van der Waals surface area contributed by atoms with Gasteiger partial charge in [-0.05, 0) is 33.6 Å². The van der Waals surface area contributed by atoms with Gasteiger partial charge < -0.3 is 29.0 Å². The number of carbonyl (C=O) groups excluding carboxylic acids is 5. The summed E-state index contributed by atoms with van der Waals surface area (Å²) in [6.45, 7) is -5.84. The molecule has 304 valence electrons. The van der Waals surface area contributed by atoms with Crippen LogP contribution in [0.3, 0.4) is 0 Å². The second-order valence-corrected chi connectivity index (χ2v) is 18.6. The van der Waals surface area contributed by atoms with Gasteiger partial charge in [0, 0.05) is 6.89 Å². The van der Waals surface area contributed by atoms with E-state index in [0.717, 1.165) is 4.90 Å². The first-order valence-electron chi connectivity index (χ1n) is 18.0. The highest BCUT2D eigenvalue weighted by Gasteiger charge is 2.57. The van der Waals surface area contributed by atoms with Crippen LogP contribution in [-0.2, 0) is 44.7 Å². The molecule has 2 amide bonds. The van der Waals surface area contributed by atoms with E-state index < -0.39 is 72.7 Å². The molecule has 0 radical (unpaired) electrons. The first-order chi connectivity index (χ1) is 28.5. The van der Waals surface area contributed by atoms with Crippen LogP contribution in [0.15, 0.2) is 152 Å². The molecule has 1 saturated heterocycles. The monoisotopic (exact) mass is 876 g/mol. The van der Waals surface area contributed by atoms with Crippen molar-refractivity contribution in [1.82, 2.24) is 10.2 Å². The number of halogens is 3. The minimum absolute atomic E-state index is 0.145. The summed E-state index contributed by atoms with van der Waals surface area (Å²) in [6.07, 6.45) is -3.01. The molecule has 1 fully saturated rings. The Hall–Kier alpha value is -5.78. The number of amides is 2. The van der Waals surface area contributed by atoms with Crippen molar-refractivity contribution in [2.24, 2.45) is 0 Å². The molecule has 0 aliphatic carbocycles. The minimum Gasteiger partial charge on any atom is -0.484 e. The van der Waals surface area contributed by atoms with Crippen molar-refractivity contribution < 1.29 is 47.7 Å². The van der Waals surface area contributed by atoms with E-state index in [9.17, 15) is 19.2 Å². The number of esters is 2. The molecule has 1 N–H and O–H groups in total. The summed E-state index contributed by atoms with van der Waals surface area (Å²) in [5, 5.41) is 4.56. The van der Waals surface area contributed by atoms with Crippen molar-refractivity contribution in [2.45, 2.75) is 22.7 Å². The van der Waals surface area contributed by atoms with Crippen LogP contribution in [0.5, 0.6) is 5.75 Å². The summed E-state index contributed by atoms with van der Waals surface area (Å²) in [5.41, 5.74) is 0.525. The molecule has 0 spiro atoms. The number of likely N-dealkylation sites (tertiary alicyclic amines) is 1. The number of hydrogen-bond donors (Lipinski definition) is 1. The van der Waals surface area contributed by atoms with E-state index in [2.05, 4.69) is 5.32 Å². The Bertz CT molecular complexity index is 2200. The molecule has 1 aliphatic rings. The quantitative estimate of drug-likeness (QED) is 0.0460. The highest BCUT2D eigenvalue weighted by molar-refractivity contribution is 7.96. The van der Waals surface area contributed by atoms with Crippen LogP contribution in [0.2, 0.25) is 0 Å². The maximum Gasteiger partial charge on any atom is 0.508 e. The molecule has 59 heavy (non-hydrogen) atoms. The van der Waals surface area contributed by atoms with Gasteiger partial charge in [-0.15, -0.1) is 0 Å². The standard InChI is InChI=1S/C43H36Cl3N2O10P/c44-43(45,46)29-57-42(53)56-28-36(50)58-39-37(47-35(49)27-54-31-18-8-2-9-19-31)38(51)48(39)40(41(52)55-26-30-16-6-1-7-17-30)59(32-20-10-3-11-21-32,33-22-12-4-13-23-33)34-24-14-5-15-25-34/h1-25,37,39H,26-29H2,(H,47,49)/t37-,39-/m0/s1. The molecule has 6 rings (SSSR count). The van der Waals surface area contributed by atoms with Gasteiger partial charge in [0.2, 0.25) is 10.0 Å². The molecule has 1 heterocycles. The molecule has 0 saturated carbocycles. The minimum atomic E-state index is -3.47. The number of β-lactam (4-membered cyclic amide) rings is 1. The molecule has 5 aromatic rings. The van der Waals surface area contributed by atoms with Crippen LogP contribution < -0.4 is 26.0 Å². The Labute approximate surface area is 354 Å². The van der Waals surface area contributed by atoms with E-state index in [4.69, 9.17) is 58.5 Å². The highest BCUT2D eigenvalue weighted by atomic mass is 35.6. The zero-order valence-electron chi connectivity index (χ0n) is 31.0. The first-order valence-corrected chi connectivity index (χ1v) is 20.9. The third kappa shape index (κ3) is 10.6. The number of benzene rings is 5. The summed E-state index contributed by atoms with van der Waals surface area (Å²) in [7, 11) is 0.